The Bertz CT molecular complexity index is 3170. The van der Waals surface area contributed by atoms with Crippen molar-refractivity contribution in [2.45, 2.75) is 6.92 Å². The van der Waals surface area contributed by atoms with E-state index in [1.165, 1.54) is 5.56 Å². The summed E-state index contributed by atoms with van der Waals surface area (Å²) in [6.45, 7) is 2.10. The number of hydrogen-bond acceptors (Lipinski definition) is 7. The summed E-state index contributed by atoms with van der Waals surface area (Å²) in [4.78, 5) is 35.8. The maximum Gasteiger partial charge on any atom is 0.164 e. The molecule has 3 aromatic heterocycles. The molecule has 0 amide bonds. The van der Waals surface area contributed by atoms with Crippen molar-refractivity contribution >= 4 is 11.0 Å². The minimum absolute atomic E-state index is 0.522. The van der Waals surface area contributed by atoms with Gasteiger partial charge in [0.15, 0.2) is 34.9 Å². The van der Waals surface area contributed by atoms with Gasteiger partial charge in [0.05, 0.1) is 11.0 Å². The van der Waals surface area contributed by atoms with E-state index < -0.39 is 0 Å². The van der Waals surface area contributed by atoms with Crippen LogP contribution in [0.2, 0.25) is 0 Å². The third-order valence-electron chi connectivity index (χ3n) is 11.2. The molecule has 0 bridgehead atoms. The van der Waals surface area contributed by atoms with Gasteiger partial charge in [-0.25, -0.2) is 34.9 Å². The van der Waals surface area contributed by atoms with E-state index in [1.807, 2.05) is 127 Å². The van der Waals surface area contributed by atoms with Crippen LogP contribution in [-0.4, -0.2) is 39.5 Å². The molecule has 0 radical (unpaired) electrons. The second kappa shape index (κ2) is 16.6. The van der Waals surface area contributed by atoms with Gasteiger partial charge in [0, 0.05) is 44.6 Å². The SMILES string of the molecule is Cc1ccc(-n2c(-c3cccc(-c4cc(-c5nc(-c6ccccc6)nc(-c6ccccc6)n5)cc(-c5nc(-c6ccccc6)nc(-c6ccccc6)n5)c4)c3)nc3ccccc32)cc1. The first kappa shape index (κ1) is 38.2. The van der Waals surface area contributed by atoms with E-state index in [9.17, 15) is 0 Å². The molecule has 11 aromatic rings. The van der Waals surface area contributed by atoms with Gasteiger partial charge in [-0.05, 0) is 66.6 Å². The number of fused-ring (bicyclic) bond motifs is 1. The Labute approximate surface area is 370 Å². The molecule has 0 saturated carbocycles. The molecule has 0 aliphatic heterocycles. The molecule has 302 valence electrons. The van der Waals surface area contributed by atoms with Gasteiger partial charge in [0.25, 0.3) is 0 Å². The highest BCUT2D eigenvalue weighted by Crippen LogP contribution is 2.36. The lowest BCUT2D eigenvalue weighted by Gasteiger charge is -2.14. The number of nitrogens with zero attached hydrogens (tertiary/aromatic N) is 8. The number of imidazole rings is 1. The molecule has 8 aromatic carbocycles. The van der Waals surface area contributed by atoms with E-state index in [1.54, 1.807) is 0 Å². The summed E-state index contributed by atoms with van der Waals surface area (Å²) >= 11 is 0. The fourth-order valence-corrected chi connectivity index (χ4v) is 7.94. The molecule has 0 unspecified atom stereocenters. The Balaban J connectivity index is 1.14. The van der Waals surface area contributed by atoms with Gasteiger partial charge >= 0.3 is 0 Å². The summed E-state index contributed by atoms with van der Waals surface area (Å²) in [5.41, 5.74) is 12.2. The van der Waals surface area contributed by atoms with Crippen molar-refractivity contribution in [2.75, 3.05) is 0 Å². The summed E-state index contributed by atoms with van der Waals surface area (Å²) in [6.07, 6.45) is 0. The molecule has 0 aliphatic carbocycles. The van der Waals surface area contributed by atoms with E-state index in [0.29, 0.717) is 34.9 Å². The van der Waals surface area contributed by atoms with Crippen LogP contribution in [0.1, 0.15) is 5.56 Å². The smallest absolute Gasteiger partial charge is 0.164 e. The maximum atomic E-state index is 5.21. The van der Waals surface area contributed by atoms with E-state index in [0.717, 1.165) is 72.6 Å². The second-order valence-corrected chi connectivity index (χ2v) is 15.6. The van der Waals surface area contributed by atoms with Crippen molar-refractivity contribution in [3.63, 3.8) is 0 Å². The normalized spacial score (nSPS) is 11.2. The van der Waals surface area contributed by atoms with Gasteiger partial charge in [-0.15, -0.1) is 0 Å². The first-order chi connectivity index (χ1) is 31.6. The predicted octanol–water partition coefficient (Wildman–Crippen LogP) is 13.0. The monoisotopic (exact) mass is 822 g/mol. The Hall–Kier alpha value is -8.75. The molecule has 11 rings (SSSR count). The van der Waals surface area contributed by atoms with E-state index in [4.69, 9.17) is 34.9 Å². The minimum Gasteiger partial charge on any atom is -0.292 e. The molecule has 0 saturated heterocycles. The Morgan fingerprint density at radius 1 is 0.281 bits per heavy atom. The number of para-hydroxylation sites is 2. The number of aryl methyl sites for hydroxylation is 1. The van der Waals surface area contributed by atoms with Crippen molar-refractivity contribution < 1.29 is 0 Å². The van der Waals surface area contributed by atoms with Gasteiger partial charge in [-0.2, -0.15) is 0 Å². The van der Waals surface area contributed by atoms with Gasteiger partial charge in [-0.1, -0.05) is 169 Å². The molecular weight excluding hydrogens is 785 g/mol. The number of hydrogen-bond donors (Lipinski definition) is 0. The maximum absolute atomic E-state index is 5.21. The average Bonchev–Trinajstić information content (AvgIpc) is 3.77. The zero-order valence-corrected chi connectivity index (χ0v) is 34.8. The summed E-state index contributed by atoms with van der Waals surface area (Å²) in [7, 11) is 0. The summed E-state index contributed by atoms with van der Waals surface area (Å²) < 4.78 is 2.23. The Kier molecular flexibility index (Phi) is 9.91. The Morgan fingerprint density at radius 3 is 1.11 bits per heavy atom. The summed E-state index contributed by atoms with van der Waals surface area (Å²) in [6, 6.07) is 71.8. The quantitative estimate of drug-likeness (QED) is 0.143. The first-order valence-electron chi connectivity index (χ1n) is 21.1. The zero-order valence-electron chi connectivity index (χ0n) is 34.8. The van der Waals surface area contributed by atoms with E-state index >= 15 is 0 Å². The minimum atomic E-state index is 0.522. The van der Waals surface area contributed by atoms with Crippen molar-refractivity contribution in [2.24, 2.45) is 0 Å². The predicted molar refractivity (Wildman–Crippen MR) is 256 cm³/mol. The highest BCUT2D eigenvalue weighted by atomic mass is 15.1. The molecule has 0 aliphatic rings. The third-order valence-corrected chi connectivity index (χ3v) is 11.2. The molecule has 64 heavy (non-hydrogen) atoms. The lowest BCUT2D eigenvalue weighted by Crippen LogP contribution is -2.02. The number of benzene rings is 8. The average molecular weight is 823 g/mol. The summed E-state index contributed by atoms with van der Waals surface area (Å²) in [5.74, 6) is 4.19. The van der Waals surface area contributed by atoms with Crippen LogP contribution in [0.15, 0.2) is 212 Å². The van der Waals surface area contributed by atoms with Crippen LogP contribution in [0, 0.1) is 6.92 Å². The third kappa shape index (κ3) is 7.61. The zero-order chi connectivity index (χ0) is 42.8. The second-order valence-electron chi connectivity index (χ2n) is 15.6. The van der Waals surface area contributed by atoms with Crippen LogP contribution in [0.4, 0.5) is 0 Å². The van der Waals surface area contributed by atoms with Crippen LogP contribution in [0.3, 0.4) is 0 Å². The lowest BCUT2D eigenvalue weighted by molar-refractivity contribution is 1.07. The van der Waals surface area contributed by atoms with Crippen LogP contribution < -0.4 is 0 Å². The van der Waals surface area contributed by atoms with Crippen molar-refractivity contribution in [3.05, 3.63) is 218 Å². The molecular formula is C56H38N8. The largest absolute Gasteiger partial charge is 0.292 e. The van der Waals surface area contributed by atoms with E-state index in [-0.39, 0.29) is 0 Å². The van der Waals surface area contributed by atoms with Gasteiger partial charge in [0.2, 0.25) is 0 Å². The van der Waals surface area contributed by atoms with Gasteiger partial charge in [0.1, 0.15) is 5.82 Å². The van der Waals surface area contributed by atoms with Gasteiger partial charge < -0.3 is 0 Å². The summed E-state index contributed by atoms with van der Waals surface area (Å²) in [5, 5.41) is 0. The standard InChI is InChI=1S/C56H38N8/c1-37-29-31-47(32-30-37)64-49-28-15-14-27-48(49)57-56(64)43-26-16-25-42(33-43)44-34-45(54-60-50(38-17-6-2-7-18-38)58-51(61-54)39-19-8-3-9-20-39)36-46(35-44)55-62-52(40-21-10-4-11-22-40)59-53(63-55)41-23-12-5-13-24-41/h2-36H,1H3. The van der Waals surface area contributed by atoms with Crippen LogP contribution in [0.5, 0.6) is 0 Å². The topological polar surface area (TPSA) is 95.2 Å². The highest BCUT2D eigenvalue weighted by molar-refractivity contribution is 5.86. The number of rotatable bonds is 9. The fraction of sp³-hybridized carbons (Fsp3) is 0.0179. The van der Waals surface area contributed by atoms with Crippen molar-refractivity contribution in [3.8, 4) is 96.5 Å². The fourth-order valence-electron chi connectivity index (χ4n) is 7.94. The Morgan fingerprint density at radius 2 is 0.641 bits per heavy atom. The van der Waals surface area contributed by atoms with E-state index in [2.05, 4.69) is 96.4 Å². The lowest BCUT2D eigenvalue weighted by atomic mass is 9.97. The van der Waals surface area contributed by atoms with Crippen LogP contribution >= 0.6 is 0 Å². The molecule has 0 fully saturated rings. The molecule has 0 N–H and O–H groups in total. The van der Waals surface area contributed by atoms with Crippen molar-refractivity contribution in [1.29, 1.82) is 0 Å². The van der Waals surface area contributed by atoms with Crippen molar-refractivity contribution in [1.82, 2.24) is 39.5 Å². The molecule has 0 spiro atoms. The van der Waals surface area contributed by atoms with Crippen LogP contribution in [0.25, 0.3) is 108 Å². The molecule has 8 nitrogen and oxygen atoms in total. The number of aromatic nitrogens is 8. The highest BCUT2D eigenvalue weighted by Gasteiger charge is 2.20. The first-order valence-corrected chi connectivity index (χ1v) is 21.1. The van der Waals surface area contributed by atoms with Gasteiger partial charge in [-0.3, -0.25) is 4.57 Å². The molecule has 3 heterocycles. The molecule has 8 heteroatoms. The van der Waals surface area contributed by atoms with Crippen LogP contribution in [-0.2, 0) is 0 Å². The molecule has 0 atom stereocenters.